The zero-order valence-corrected chi connectivity index (χ0v) is 18.3. The van der Waals surface area contributed by atoms with E-state index in [0.29, 0.717) is 30.9 Å². The third kappa shape index (κ3) is 4.54. The molecule has 9 nitrogen and oxygen atoms in total. The molecular weight excluding hydrogens is 422 g/mol. The third-order valence-electron chi connectivity index (χ3n) is 6.24. The molecule has 172 valence electrons. The Morgan fingerprint density at radius 2 is 1.85 bits per heavy atom. The standard InChI is InChI=1S/C24H27N5O4/c30-21(26-14-16-5-8-20(25-13-16)28-9-11-33-12-10-28)15-27-23(31)22-18-3-1-2-4-19(18)24(32)29(22)17-6-7-17/h1-5,8,13,17,22H,6-7,9-12,14-15H2,(H,26,30)(H,27,31)/t22-/m0/s1. The first kappa shape index (κ1) is 21.4. The Morgan fingerprint density at radius 1 is 1.06 bits per heavy atom. The molecule has 1 aromatic carbocycles. The fraction of sp³-hybridized carbons (Fsp3) is 0.417. The summed E-state index contributed by atoms with van der Waals surface area (Å²) in [4.78, 5) is 46.4. The molecule has 1 saturated heterocycles. The molecule has 1 saturated carbocycles. The van der Waals surface area contributed by atoms with Gasteiger partial charge >= 0.3 is 0 Å². The molecule has 0 spiro atoms. The molecule has 5 rings (SSSR count). The normalized spacial score (nSPS) is 19.9. The Hall–Kier alpha value is -3.46. The zero-order valence-electron chi connectivity index (χ0n) is 18.3. The van der Waals surface area contributed by atoms with Crippen molar-refractivity contribution in [3.63, 3.8) is 0 Å². The predicted molar refractivity (Wildman–Crippen MR) is 120 cm³/mol. The number of pyridine rings is 1. The molecular formula is C24H27N5O4. The molecule has 3 aliphatic rings. The summed E-state index contributed by atoms with van der Waals surface area (Å²) in [7, 11) is 0. The Kier molecular flexibility index (Phi) is 5.95. The maximum Gasteiger partial charge on any atom is 0.255 e. The summed E-state index contributed by atoms with van der Waals surface area (Å²) < 4.78 is 5.36. The van der Waals surface area contributed by atoms with Crippen molar-refractivity contribution in [1.29, 1.82) is 0 Å². The van der Waals surface area contributed by atoms with Gasteiger partial charge in [-0.1, -0.05) is 24.3 Å². The lowest BCUT2D eigenvalue weighted by atomic mass is 10.0. The molecule has 1 aliphatic carbocycles. The van der Waals surface area contributed by atoms with Crippen LogP contribution in [-0.2, 0) is 20.9 Å². The summed E-state index contributed by atoms with van der Waals surface area (Å²) in [6, 6.07) is 10.5. The van der Waals surface area contributed by atoms with E-state index >= 15 is 0 Å². The molecule has 0 radical (unpaired) electrons. The van der Waals surface area contributed by atoms with Gasteiger partial charge in [-0.25, -0.2) is 4.98 Å². The summed E-state index contributed by atoms with van der Waals surface area (Å²) in [6.45, 7) is 3.21. The van der Waals surface area contributed by atoms with Crippen LogP contribution >= 0.6 is 0 Å². The van der Waals surface area contributed by atoms with E-state index in [1.54, 1.807) is 23.2 Å². The first-order valence-corrected chi connectivity index (χ1v) is 11.4. The monoisotopic (exact) mass is 449 g/mol. The van der Waals surface area contributed by atoms with Gasteiger partial charge in [0.2, 0.25) is 11.8 Å². The molecule has 0 bridgehead atoms. The number of fused-ring (bicyclic) bond motifs is 1. The molecule has 2 N–H and O–H groups in total. The van der Waals surface area contributed by atoms with Gasteiger partial charge in [-0.05, 0) is 36.1 Å². The van der Waals surface area contributed by atoms with Crippen molar-refractivity contribution in [2.75, 3.05) is 37.7 Å². The number of carbonyl (C=O) groups is 3. The number of nitrogens with one attached hydrogen (secondary N) is 2. The van der Waals surface area contributed by atoms with Crippen LogP contribution in [0.4, 0.5) is 5.82 Å². The molecule has 3 amide bonds. The van der Waals surface area contributed by atoms with Crippen molar-refractivity contribution in [3.8, 4) is 0 Å². The number of anilines is 1. The quantitative estimate of drug-likeness (QED) is 0.654. The van der Waals surface area contributed by atoms with E-state index in [-0.39, 0.29) is 30.3 Å². The van der Waals surface area contributed by atoms with Crippen LogP contribution in [0.1, 0.15) is 40.4 Å². The van der Waals surface area contributed by atoms with Crippen LogP contribution in [0.25, 0.3) is 0 Å². The van der Waals surface area contributed by atoms with E-state index in [0.717, 1.165) is 37.3 Å². The number of benzene rings is 1. The number of morpholine rings is 1. The number of hydrogen-bond acceptors (Lipinski definition) is 6. The second-order valence-electron chi connectivity index (χ2n) is 8.55. The Bertz CT molecular complexity index is 1050. The molecule has 1 atom stereocenters. The Balaban J connectivity index is 1.13. The minimum absolute atomic E-state index is 0.0995. The molecule has 2 fully saturated rings. The highest BCUT2D eigenvalue weighted by molar-refractivity contribution is 6.05. The highest BCUT2D eigenvalue weighted by atomic mass is 16.5. The van der Waals surface area contributed by atoms with Crippen LogP contribution in [0, 0.1) is 0 Å². The number of hydrogen-bond donors (Lipinski definition) is 2. The predicted octanol–water partition coefficient (Wildman–Crippen LogP) is 1.01. The van der Waals surface area contributed by atoms with Gasteiger partial charge in [0.15, 0.2) is 0 Å². The van der Waals surface area contributed by atoms with Gasteiger partial charge in [0.05, 0.1) is 19.8 Å². The summed E-state index contributed by atoms with van der Waals surface area (Å²) in [5.74, 6) is 0.168. The molecule has 2 aliphatic heterocycles. The lowest BCUT2D eigenvalue weighted by Crippen LogP contribution is -2.43. The molecule has 1 aromatic heterocycles. The van der Waals surface area contributed by atoms with Gasteiger partial charge in [-0.15, -0.1) is 0 Å². The van der Waals surface area contributed by atoms with E-state index in [4.69, 9.17) is 4.74 Å². The van der Waals surface area contributed by atoms with Crippen LogP contribution in [-0.4, -0.2) is 66.5 Å². The molecule has 2 aromatic rings. The number of amides is 3. The maximum absolute atomic E-state index is 13.0. The lowest BCUT2D eigenvalue weighted by Gasteiger charge is -2.27. The highest BCUT2D eigenvalue weighted by Crippen LogP contribution is 2.41. The van der Waals surface area contributed by atoms with Crippen LogP contribution in [0.15, 0.2) is 42.6 Å². The molecule has 33 heavy (non-hydrogen) atoms. The van der Waals surface area contributed by atoms with Crippen molar-refractivity contribution in [3.05, 3.63) is 59.3 Å². The second-order valence-corrected chi connectivity index (χ2v) is 8.55. The topological polar surface area (TPSA) is 104 Å². The van der Waals surface area contributed by atoms with Crippen molar-refractivity contribution in [2.45, 2.75) is 31.5 Å². The minimum Gasteiger partial charge on any atom is -0.378 e. The number of aromatic nitrogens is 1. The molecule has 9 heteroatoms. The molecule has 3 heterocycles. The van der Waals surface area contributed by atoms with Crippen LogP contribution in [0.3, 0.4) is 0 Å². The number of ether oxygens (including phenoxy) is 1. The summed E-state index contributed by atoms with van der Waals surface area (Å²) in [5.41, 5.74) is 2.16. The SMILES string of the molecule is O=C(CNC(=O)[C@@H]1c2ccccc2C(=O)N1C1CC1)NCc1ccc(N2CCOCC2)nc1. The highest BCUT2D eigenvalue weighted by Gasteiger charge is 2.47. The summed E-state index contributed by atoms with van der Waals surface area (Å²) in [6.07, 6.45) is 3.56. The average molecular weight is 450 g/mol. The van der Waals surface area contributed by atoms with Crippen LogP contribution in [0.5, 0.6) is 0 Å². The number of carbonyl (C=O) groups excluding carboxylic acids is 3. The fourth-order valence-electron chi connectivity index (χ4n) is 4.36. The molecule has 0 unspecified atom stereocenters. The first-order chi connectivity index (χ1) is 16.1. The minimum atomic E-state index is -0.675. The van der Waals surface area contributed by atoms with E-state index in [9.17, 15) is 14.4 Å². The van der Waals surface area contributed by atoms with Gasteiger partial charge in [0.25, 0.3) is 5.91 Å². The van der Waals surface area contributed by atoms with Gasteiger partial charge in [0.1, 0.15) is 11.9 Å². The first-order valence-electron chi connectivity index (χ1n) is 11.4. The van der Waals surface area contributed by atoms with E-state index in [1.807, 2.05) is 24.3 Å². The van der Waals surface area contributed by atoms with Crippen molar-refractivity contribution >= 4 is 23.5 Å². The van der Waals surface area contributed by atoms with Crippen molar-refractivity contribution in [1.82, 2.24) is 20.5 Å². The van der Waals surface area contributed by atoms with Gasteiger partial charge in [-0.2, -0.15) is 0 Å². The van der Waals surface area contributed by atoms with E-state index < -0.39 is 6.04 Å². The summed E-state index contributed by atoms with van der Waals surface area (Å²) in [5, 5.41) is 5.52. The summed E-state index contributed by atoms with van der Waals surface area (Å²) >= 11 is 0. The van der Waals surface area contributed by atoms with Gasteiger partial charge < -0.3 is 25.2 Å². The van der Waals surface area contributed by atoms with E-state index in [2.05, 4.69) is 20.5 Å². The van der Waals surface area contributed by atoms with Crippen LogP contribution < -0.4 is 15.5 Å². The lowest BCUT2D eigenvalue weighted by molar-refractivity contribution is -0.129. The van der Waals surface area contributed by atoms with Gasteiger partial charge in [0, 0.05) is 37.4 Å². The van der Waals surface area contributed by atoms with Crippen molar-refractivity contribution in [2.24, 2.45) is 0 Å². The Morgan fingerprint density at radius 3 is 2.58 bits per heavy atom. The largest absolute Gasteiger partial charge is 0.378 e. The van der Waals surface area contributed by atoms with Crippen LogP contribution in [0.2, 0.25) is 0 Å². The third-order valence-corrected chi connectivity index (χ3v) is 6.24. The maximum atomic E-state index is 13.0. The Labute approximate surface area is 192 Å². The van der Waals surface area contributed by atoms with Crippen molar-refractivity contribution < 1.29 is 19.1 Å². The smallest absolute Gasteiger partial charge is 0.255 e. The fourth-order valence-corrected chi connectivity index (χ4v) is 4.36. The number of rotatable bonds is 7. The van der Waals surface area contributed by atoms with Gasteiger partial charge in [-0.3, -0.25) is 14.4 Å². The number of nitrogens with zero attached hydrogens (tertiary/aromatic N) is 3. The second kappa shape index (κ2) is 9.19. The average Bonchev–Trinajstić information content (AvgIpc) is 3.66. The van der Waals surface area contributed by atoms with E-state index in [1.165, 1.54) is 0 Å². The zero-order chi connectivity index (χ0) is 22.8.